The quantitative estimate of drug-likeness (QED) is 0.746. The molecular formula is C21H33N3O2. The molecule has 0 aliphatic carbocycles. The summed E-state index contributed by atoms with van der Waals surface area (Å²) in [4.78, 5) is 24.7. The van der Waals surface area contributed by atoms with Gasteiger partial charge in [-0.05, 0) is 62.4 Å². The largest absolute Gasteiger partial charge is 0.326 e. The van der Waals surface area contributed by atoms with Gasteiger partial charge in [0.05, 0.1) is 0 Å². The summed E-state index contributed by atoms with van der Waals surface area (Å²) in [6.45, 7) is 11.8. The summed E-state index contributed by atoms with van der Waals surface area (Å²) in [5.41, 5.74) is 1.99. The number of hydrogen-bond donors (Lipinski definition) is 3. The van der Waals surface area contributed by atoms with Gasteiger partial charge in [-0.25, -0.2) is 0 Å². The van der Waals surface area contributed by atoms with Crippen LogP contribution in [-0.4, -0.2) is 24.9 Å². The molecule has 1 aromatic rings. The van der Waals surface area contributed by atoms with Crippen LogP contribution in [0, 0.1) is 24.2 Å². The Morgan fingerprint density at radius 1 is 1.27 bits per heavy atom. The van der Waals surface area contributed by atoms with Crippen molar-refractivity contribution in [3.05, 3.63) is 23.8 Å². The summed E-state index contributed by atoms with van der Waals surface area (Å²) < 4.78 is 0. The number of amides is 2. The first kappa shape index (κ1) is 20.4. The molecule has 1 saturated heterocycles. The third kappa shape index (κ3) is 5.84. The highest BCUT2D eigenvalue weighted by molar-refractivity contribution is 5.96. The van der Waals surface area contributed by atoms with Crippen LogP contribution in [0.3, 0.4) is 0 Å². The van der Waals surface area contributed by atoms with Crippen LogP contribution < -0.4 is 16.0 Å². The first-order valence-corrected chi connectivity index (χ1v) is 9.59. The zero-order valence-electron chi connectivity index (χ0n) is 16.7. The van der Waals surface area contributed by atoms with E-state index in [1.165, 1.54) is 12.8 Å². The van der Waals surface area contributed by atoms with Crippen molar-refractivity contribution in [1.82, 2.24) is 5.32 Å². The maximum absolute atomic E-state index is 12.5. The summed E-state index contributed by atoms with van der Waals surface area (Å²) in [5, 5.41) is 9.35. The van der Waals surface area contributed by atoms with Gasteiger partial charge in [0.25, 0.3) is 0 Å². The fraction of sp³-hybridized carbons (Fsp3) is 0.619. The molecule has 0 spiro atoms. The molecule has 0 radical (unpaired) electrons. The monoisotopic (exact) mass is 359 g/mol. The van der Waals surface area contributed by atoms with E-state index in [0.29, 0.717) is 23.9 Å². The summed E-state index contributed by atoms with van der Waals surface area (Å²) in [6.07, 6.45) is 2.89. The molecule has 0 saturated carbocycles. The standard InChI is InChI=1S/C21H33N3O2/c1-14-8-9-17(23-20(26)21(3,4)5)12-18(14)24-19(25)11-15(2)16-7-6-10-22-13-16/h8-9,12,15-16,22H,6-7,10-11,13H2,1-5H3,(H,23,26)(H,24,25). The maximum atomic E-state index is 12.5. The first-order valence-electron chi connectivity index (χ1n) is 9.59. The highest BCUT2D eigenvalue weighted by atomic mass is 16.2. The van der Waals surface area contributed by atoms with E-state index >= 15 is 0 Å². The number of benzene rings is 1. The lowest BCUT2D eigenvalue weighted by molar-refractivity contribution is -0.123. The lowest BCUT2D eigenvalue weighted by atomic mass is 9.85. The van der Waals surface area contributed by atoms with Crippen molar-refractivity contribution in [2.24, 2.45) is 17.3 Å². The van der Waals surface area contributed by atoms with E-state index in [9.17, 15) is 9.59 Å². The highest BCUT2D eigenvalue weighted by Gasteiger charge is 2.23. The van der Waals surface area contributed by atoms with Gasteiger partial charge in [-0.15, -0.1) is 0 Å². The average molecular weight is 360 g/mol. The van der Waals surface area contributed by atoms with Crippen molar-refractivity contribution in [2.75, 3.05) is 23.7 Å². The number of rotatable bonds is 5. The Labute approximate surface area is 157 Å². The molecule has 2 amide bonds. The summed E-state index contributed by atoms with van der Waals surface area (Å²) in [6, 6.07) is 5.62. The SMILES string of the molecule is Cc1ccc(NC(=O)C(C)(C)C)cc1NC(=O)CC(C)C1CCCNC1. The van der Waals surface area contributed by atoms with E-state index in [-0.39, 0.29) is 11.8 Å². The fourth-order valence-corrected chi connectivity index (χ4v) is 3.18. The van der Waals surface area contributed by atoms with E-state index < -0.39 is 5.41 Å². The molecule has 26 heavy (non-hydrogen) atoms. The van der Waals surface area contributed by atoms with Crippen LogP contribution in [0.25, 0.3) is 0 Å². The Hall–Kier alpha value is -1.88. The highest BCUT2D eigenvalue weighted by Crippen LogP contribution is 2.25. The zero-order valence-corrected chi connectivity index (χ0v) is 16.7. The van der Waals surface area contributed by atoms with Gasteiger partial charge in [-0.3, -0.25) is 9.59 Å². The molecule has 144 valence electrons. The van der Waals surface area contributed by atoms with Gasteiger partial charge in [0, 0.05) is 23.2 Å². The van der Waals surface area contributed by atoms with Crippen molar-refractivity contribution in [3.63, 3.8) is 0 Å². The van der Waals surface area contributed by atoms with Gasteiger partial charge in [-0.1, -0.05) is 33.8 Å². The number of piperidine rings is 1. The van der Waals surface area contributed by atoms with Crippen LogP contribution in [0.15, 0.2) is 18.2 Å². The molecule has 1 fully saturated rings. The van der Waals surface area contributed by atoms with Crippen LogP contribution in [0.1, 0.15) is 52.5 Å². The molecular weight excluding hydrogens is 326 g/mol. The molecule has 1 aliphatic heterocycles. The van der Waals surface area contributed by atoms with Gasteiger partial charge in [-0.2, -0.15) is 0 Å². The summed E-state index contributed by atoms with van der Waals surface area (Å²) >= 11 is 0. The lowest BCUT2D eigenvalue weighted by Crippen LogP contribution is -2.34. The van der Waals surface area contributed by atoms with Crippen LogP contribution in [-0.2, 0) is 9.59 Å². The normalized spacial score (nSPS) is 18.9. The molecule has 5 nitrogen and oxygen atoms in total. The molecule has 2 atom stereocenters. The molecule has 1 aromatic carbocycles. The Balaban J connectivity index is 1.98. The van der Waals surface area contributed by atoms with Gasteiger partial charge in [0.15, 0.2) is 0 Å². The fourth-order valence-electron chi connectivity index (χ4n) is 3.18. The Kier molecular flexibility index (Phi) is 6.81. The van der Waals surface area contributed by atoms with Crippen LogP contribution in [0.5, 0.6) is 0 Å². The second kappa shape index (κ2) is 8.67. The molecule has 2 rings (SSSR count). The molecule has 0 bridgehead atoms. The third-order valence-corrected chi connectivity index (χ3v) is 5.10. The van der Waals surface area contributed by atoms with Crippen molar-refractivity contribution < 1.29 is 9.59 Å². The second-order valence-electron chi connectivity index (χ2n) is 8.57. The number of carbonyl (C=O) groups excluding carboxylic acids is 2. The molecule has 0 aromatic heterocycles. The van der Waals surface area contributed by atoms with E-state index in [4.69, 9.17) is 0 Å². The Morgan fingerprint density at radius 2 is 2.00 bits per heavy atom. The average Bonchev–Trinajstić information content (AvgIpc) is 2.57. The minimum Gasteiger partial charge on any atom is -0.326 e. The lowest BCUT2D eigenvalue weighted by Gasteiger charge is -2.28. The number of nitrogens with one attached hydrogen (secondary N) is 3. The van der Waals surface area contributed by atoms with Gasteiger partial charge >= 0.3 is 0 Å². The smallest absolute Gasteiger partial charge is 0.229 e. The number of anilines is 2. The van der Waals surface area contributed by atoms with Crippen LogP contribution >= 0.6 is 0 Å². The van der Waals surface area contributed by atoms with Crippen molar-refractivity contribution >= 4 is 23.2 Å². The van der Waals surface area contributed by atoms with E-state index in [1.807, 2.05) is 45.9 Å². The van der Waals surface area contributed by atoms with E-state index in [2.05, 4.69) is 22.9 Å². The summed E-state index contributed by atoms with van der Waals surface area (Å²) in [5.74, 6) is 0.905. The summed E-state index contributed by atoms with van der Waals surface area (Å²) in [7, 11) is 0. The molecule has 5 heteroatoms. The zero-order chi connectivity index (χ0) is 19.3. The molecule has 3 N–H and O–H groups in total. The number of hydrogen-bond acceptors (Lipinski definition) is 3. The van der Waals surface area contributed by atoms with Crippen molar-refractivity contribution in [1.29, 1.82) is 0 Å². The van der Waals surface area contributed by atoms with Crippen molar-refractivity contribution in [2.45, 2.75) is 53.9 Å². The van der Waals surface area contributed by atoms with Crippen molar-refractivity contribution in [3.8, 4) is 0 Å². The molecule has 2 unspecified atom stereocenters. The van der Waals surface area contributed by atoms with Gasteiger partial charge in [0.1, 0.15) is 0 Å². The Bertz CT molecular complexity index is 643. The predicted octanol–water partition coefficient (Wildman–Crippen LogP) is 3.94. The maximum Gasteiger partial charge on any atom is 0.229 e. The number of carbonyl (C=O) groups is 2. The predicted molar refractivity (Wildman–Crippen MR) is 107 cm³/mol. The topological polar surface area (TPSA) is 70.2 Å². The van der Waals surface area contributed by atoms with Gasteiger partial charge < -0.3 is 16.0 Å². The third-order valence-electron chi connectivity index (χ3n) is 5.10. The van der Waals surface area contributed by atoms with E-state index in [0.717, 1.165) is 24.3 Å². The van der Waals surface area contributed by atoms with Crippen LogP contribution in [0.4, 0.5) is 11.4 Å². The van der Waals surface area contributed by atoms with Crippen LogP contribution in [0.2, 0.25) is 0 Å². The van der Waals surface area contributed by atoms with Gasteiger partial charge in [0.2, 0.25) is 11.8 Å². The Morgan fingerprint density at radius 3 is 2.62 bits per heavy atom. The molecule has 1 heterocycles. The second-order valence-corrected chi connectivity index (χ2v) is 8.57. The molecule has 1 aliphatic rings. The van der Waals surface area contributed by atoms with E-state index in [1.54, 1.807) is 0 Å². The minimum absolute atomic E-state index is 0.0328. The first-order chi connectivity index (χ1) is 12.2. The minimum atomic E-state index is -0.461. The number of aryl methyl sites for hydroxylation is 1.